The van der Waals surface area contributed by atoms with Gasteiger partial charge in [0.2, 0.25) is 0 Å². The minimum atomic E-state index is -1.37. The maximum absolute atomic E-state index is 12.8. The van der Waals surface area contributed by atoms with Gasteiger partial charge in [0.1, 0.15) is 5.75 Å². The zero-order chi connectivity index (χ0) is 19.1. The van der Waals surface area contributed by atoms with Gasteiger partial charge in [0.05, 0.1) is 24.7 Å². The first-order chi connectivity index (χ1) is 12.2. The number of esters is 1. The molecule has 0 amide bonds. The summed E-state index contributed by atoms with van der Waals surface area (Å²) < 4.78 is 10.6. The van der Waals surface area contributed by atoms with Gasteiger partial charge in [0.25, 0.3) is 5.56 Å². The van der Waals surface area contributed by atoms with E-state index in [2.05, 4.69) is 10.2 Å². The Morgan fingerprint density at radius 1 is 1.27 bits per heavy atom. The Bertz CT molecular complexity index is 848. The molecule has 7 heteroatoms. The molecule has 7 nitrogen and oxygen atoms in total. The first-order valence-corrected chi connectivity index (χ1v) is 8.61. The molecule has 2 aromatic rings. The molecule has 0 fully saturated rings. The molecule has 0 spiro atoms. The van der Waals surface area contributed by atoms with E-state index >= 15 is 0 Å². The summed E-state index contributed by atoms with van der Waals surface area (Å²) in [5.74, 6) is -1.37. The van der Waals surface area contributed by atoms with Crippen molar-refractivity contribution in [3.63, 3.8) is 0 Å². The summed E-state index contributed by atoms with van der Waals surface area (Å²) in [5.41, 5.74) is 0.151. The number of aromatic amines is 2. The number of carbonyl (C=O) groups excluding carboxylic acids is 1. The molecule has 0 radical (unpaired) electrons. The van der Waals surface area contributed by atoms with Gasteiger partial charge in [0.15, 0.2) is 0 Å². The minimum absolute atomic E-state index is 0.158. The summed E-state index contributed by atoms with van der Waals surface area (Å²) in [7, 11) is 1.57. The van der Waals surface area contributed by atoms with Gasteiger partial charge < -0.3 is 19.7 Å². The van der Waals surface area contributed by atoms with Crippen LogP contribution >= 0.6 is 0 Å². The summed E-state index contributed by atoms with van der Waals surface area (Å²) in [6, 6.07) is 7.14. The molecule has 0 saturated carbocycles. The topological polar surface area (TPSA) is 104 Å². The van der Waals surface area contributed by atoms with Crippen molar-refractivity contribution in [3.05, 3.63) is 51.4 Å². The summed E-state index contributed by atoms with van der Waals surface area (Å²) in [4.78, 5) is 25.3. The fourth-order valence-electron chi connectivity index (χ4n) is 3.73. The number of carbonyl (C=O) groups is 1. The van der Waals surface area contributed by atoms with Crippen molar-refractivity contribution in [2.24, 2.45) is 5.92 Å². The van der Waals surface area contributed by atoms with Crippen molar-refractivity contribution >= 4 is 5.97 Å². The van der Waals surface area contributed by atoms with Gasteiger partial charge in [-0.3, -0.25) is 14.7 Å². The minimum Gasteiger partial charge on any atom is -0.497 e. The average molecular weight is 360 g/mol. The lowest BCUT2D eigenvalue weighted by molar-refractivity contribution is -0.163. The number of benzene rings is 1. The number of H-pyrrole nitrogens is 2. The molecule has 26 heavy (non-hydrogen) atoms. The Balaban J connectivity index is 2.16. The Hall–Kier alpha value is -2.54. The van der Waals surface area contributed by atoms with Crippen LogP contribution in [0.25, 0.3) is 0 Å². The molecule has 3 atom stereocenters. The van der Waals surface area contributed by atoms with Crippen LogP contribution < -0.4 is 10.3 Å². The van der Waals surface area contributed by atoms with Crippen LogP contribution in [-0.4, -0.2) is 40.1 Å². The number of rotatable bonds is 4. The van der Waals surface area contributed by atoms with E-state index in [1.807, 2.05) is 0 Å². The van der Waals surface area contributed by atoms with Gasteiger partial charge in [-0.05, 0) is 38.5 Å². The van der Waals surface area contributed by atoms with Crippen molar-refractivity contribution in [2.45, 2.75) is 44.8 Å². The van der Waals surface area contributed by atoms with E-state index < -0.39 is 23.4 Å². The summed E-state index contributed by atoms with van der Waals surface area (Å²) in [6.45, 7) is 5.11. The van der Waals surface area contributed by atoms with E-state index in [1.54, 1.807) is 52.1 Å². The Morgan fingerprint density at radius 2 is 1.92 bits per heavy atom. The Morgan fingerprint density at radius 3 is 2.50 bits per heavy atom. The molecule has 1 aliphatic rings. The number of hydrogen-bond acceptors (Lipinski definition) is 5. The second-order valence-corrected chi connectivity index (χ2v) is 7.22. The standard InChI is InChI=1S/C19H24N2O5/c1-10(2)26-18(23)16-14(11-5-7-12(25-4)8-6-11)15-13(9-19(16,3)24)20-21-17(15)22/h5-8,10,14,16,24H,9H2,1-4H3,(H2,20,21,22)/t14-,16-,19+/m1/s1. The van der Waals surface area contributed by atoms with E-state index in [0.29, 0.717) is 17.0 Å². The van der Waals surface area contributed by atoms with Crippen LogP contribution in [0, 0.1) is 5.92 Å². The SMILES string of the molecule is COc1ccc([C@@H]2c3c([nH][nH]c3=O)C[C@](C)(O)[C@H]2C(=O)OC(C)C)cc1. The molecular weight excluding hydrogens is 336 g/mol. The Labute approximate surface area is 151 Å². The van der Waals surface area contributed by atoms with Crippen molar-refractivity contribution in [1.29, 1.82) is 0 Å². The summed E-state index contributed by atoms with van der Waals surface area (Å²) in [5, 5.41) is 16.4. The maximum atomic E-state index is 12.8. The summed E-state index contributed by atoms with van der Waals surface area (Å²) in [6.07, 6.45) is -0.160. The van der Waals surface area contributed by atoms with Gasteiger partial charge in [-0.2, -0.15) is 0 Å². The van der Waals surface area contributed by atoms with Crippen LogP contribution in [0.3, 0.4) is 0 Å². The summed E-state index contributed by atoms with van der Waals surface area (Å²) >= 11 is 0. The fraction of sp³-hybridized carbons (Fsp3) is 0.474. The molecule has 1 aromatic heterocycles. The second kappa shape index (κ2) is 6.64. The first-order valence-electron chi connectivity index (χ1n) is 8.61. The quantitative estimate of drug-likeness (QED) is 0.720. The smallest absolute Gasteiger partial charge is 0.313 e. The number of aromatic nitrogens is 2. The van der Waals surface area contributed by atoms with Crippen LogP contribution in [0.15, 0.2) is 29.1 Å². The number of ether oxygens (including phenoxy) is 2. The maximum Gasteiger partial charge on any atom is 0.313 e. The third-order valence-electron chi connectivity index (χ3n) is 4.83. The van der Waals surface area contributed by atoms with Crippen LogP contribution in [0.4, 0.5) is 0 Å². The van der Waals surface area contributed by atoms with Gasteiger partial charge in [-0.1, -0.05) is 12.1 Å². The highest BCUT2D eigenvalue weighted by atomic mass is 16.5. The molecule has 0 aliphatic heterocycles. The predicted molar refractivity (Wildman–Crippen MR) is 95.3 cm³/mol. The zero-order valence-corrected chi connectivity index (χ0v) is 15.3. The number of methoxy groups -OCH3 is 1. The molecule has 0 unspecified atom stereocenters. The van der Waals surface area contributed by atoms with Crippen LogP contribution in [0.1, 0.15) is 43.5 Å². The second-order valence-electron chi connectivity index (χ2n) is 7.22. The van der Waals surface area contributed by atoms with Crippen LogP contribution in [0.5, 0.6) is 5.75 Å². The van der Waals surface area contributed by atoms with Gasteiger partial charge in [0, 0.05) is 23.6 Å². The highest BCUT2D eigenvalue weighted by Crippen LogP contribution is 2.44. The lowest BCUT2D eigenvalue weighted by atomic mass is 9.66. The van der Waals surface area contributed by atoms with Crippen molar-refractivity contribution in [3.8, 4) is 5.75 Å². The zero-order valence-electron chi connectivity index (χ0n) is 15.3. The molecule has 1 heterocycles. The van der Waals surface area contributed by atoms with Crippen molar-refractivity contribution in [2.75, 3.05) is 7.11 Å². The van der Waals surface area contributed by atoms with Gasteiger partial charge >= 0.3 is 5.97 Å². The number of fused-ring (bicyclic) bond motifs is 1. The lowest BCUT2D eigenvalue weighted by Gasteiger charge is -2.40. The van der Waals surface area contributed by atoms with E-state index in [-0.39, 0.29) is 18.1 Å². The molecule has 1 aromatic carbocycles. The van der Waals surface area contributed by atoms with Crippen LogP contribution in [0.2, 0.25) is 0 Å². The van der Waals surface area contributed by atoms with Crippen molar-refractivity contribution in [1.82, 2.24) is 10.2 Å². The molecule has 0 bridgehead atoms. The number of hydrogen-bond donors (Lipinski definition) is 3. The van der Waals surface area contributed by atoms with Crippen molar-refractivity contribution < 1.29 is 19.4 Å². The van der Waals surface area contributed by atoms with E-state index in [4.69, 9.17) is 9.47 Å². The number of nitrogens with one attached hydrogen (secondary N) is 2. The molecule has 0 saturated heterocycles. The molecular formula is C19H24N2O5. The monoisotopic (exact) mass is 360 g/mol. The van der Waals surface area contributed by atoms with Gasteiger partial charge in [-0.25, -0.2) is 0 Å². The third-order valence-corrected chi connectivity index (χ3v) is 4.83. The largest absolute Gasteiger partial charge is 0.497 e. The highest BCUT2D eigenvalue weighted by molar-refractivity contribution is 5.77. The van der Waals surface area contributed by atoms with Crippen LogP contribution in [-0.2, 0) is 16.0 Å². The molecule has 1 aliphatic carbocycles. The highest BCUT2D eigenvalue weighted by Gasteiger charge is 2.51. The normalized spacial score (nSPS) is 25.0. The van der Waals surface area contributed by atoms with E-state index in [1.165, 1.54) is 0 Å². The Kier molecular flexibility index (Phi) is 4.66. The molecule has 3 rings (SSSR count). The van der Waals surface area contributed by atoms with E-state index in [9.17, 15) is 14.7 Å². The molecule has 3 N–H and O–H groups in total. The predicted octanol–water partition coefficient (Wildman–Crippen LogP) is 1.72. The van der Waals surface area contributed by atoms with E-state index in [0.717, 1.165) is 5.56 Å². The van der Waals surface area contributed by atoms with Gasteiger partial charge in [-0.15, -0.1) is 0 Å². The lowest BCUT2D eigenvalue weighted by Crippen LogP contribution is -2.50. The third kappa shape index (κ3) is 3.14. The average Bonchev–Trinajstić information content (AvgIpc) is 2.92. The number of aliphatic hydroxyl groups is 1. The first kappa shape index (κ1) is 18.3. The molecule has 140 valence electrons. The fourth-order valence-corrected chi connectivity index (χ4v) is 3.73.